The molecular weight excluding hydrogens is 506 g/mol. The second-order valence-corrected chi connectivity index (χ2v) is 10.6. The number of imide groups is 1. The highest BCUT2D eigenvalue weighted by Gasteiger charge is 2.21. The van der Waals surface area contributed by atoms with E-state index in [9.17, 15) is 22.8 Å². The summed E-state index contributed by atoms with van der Waals surface area (Å²) in [5.41, 5.74) is 4.19. The maximum Gasteiger partial charge on any atom is 0.333 e. The predicted octanol–water partition coefficient (Wildman–Crippen LogP) is 3.53. The largest absolute Gasteiger partial charge is 0.334 e. The molecule has 198 valence electrons. The number of nitrogens with one attached hydrogen (secondary N) is 4. The van der Waals surface area contributed by atoms with Crippen molar-refractivity contribution in [2.24, 2.45) is 0 Å². The number of anilines is 1. The fraction of sp³-hybridized carbons (Fsp3) is 0.222. The van der Waals surface area contributed by atoms with Crippen LogP contribution in [0, 0.1) is 6.92 Å². The first-order valence-corrected chi connectivity index (χ1v) is 13.6. The number of carbonyl (C=O) groups excluding carboxylic acids is 3. The van der Waals surface area contributed by atoms with Gasteiger partial charge in [0.2, 0.25) is 0 Å². The van der Waals surface area contributed by atoms with Crippen LogP contribution in [0.1, 0.15) is 22.3 Å². The zero-order valence-electron chi connectivity index (χ0n) is 20.9. The van der Waals surface area contributed by atoms with Crippen molar-refractivity contribution in [3.8, 4) is 0 Å². The average molecular weight is 536 g/mol. The molecule has 3 aromatic carbocycles. The van der Waals surface area contributed by atoms with E-state index in [1.165, 1.54) is 12.1 Å². The first-order chi connectivity index (χ1) is 18.2. The molecule has 0 aliphatic carbocycles. The average Bonchev–Trinajstić information content (AvgIpc) is 3.10. The van der Waals surface area contributed by atoms with Gasteiger partial charge in [0.25, 0.3) is 10.0 Å². The monoisotopic (exact) mass is 535 g/mol. The van der Waals surface area contributed by atoms with Crippen LogP contribution in [0.25, 0.3) is 0 Å². The van der Waals surface area contributed by atoms with Gasteiger partial charge in [-0.15, -0.1) is 0 Å². The highest BCUT2D eigenvalue weighted by Crippen LogP contribution is 2.21. The fourth-order valence-corrected chi connectivity index (χ4v) is 4.97. The highest BCUT2D eigenvalue weighted by molar-refractivity contribution is 7.90. The lowest BCUT2D eigenvalue weighted by Crippen LogP contribution is -2.47. The number of amides is 6. The van der Waals surface area contributed by atoms with Crippen molar-refractivity contribution in [1.82, 2.24) is 20.3 Å². The lowest BCUT2D eigenvalue weighted by Gasteiger charge is -2.20. The molecule has 0 spiro atoms. The molecule has 3 aromatic rings. The van der Waals surface area contributed by atoms with Crippen LogP contribution in [0.3, 0.4) is 0 Å². The summed E-state index contributed by atoms with van der Waals surface area (Å²) in [7, 11) is -4.01. The number of rotatable bonds is 5. The van der Waals surface area contributed by atoms with E-state index < -0.39 is 28.1 Å². The Labute approximate surface area is 221 Å². The van der Waals surface area contributed by atoms with E-state index in [1.54, 1.807) is 29.2 Å². The topological polar surface area (TPSA) is 137 Å². The van der Waals surface area contributed by atoms with E-state index in [0.29, 0.717) is 38.2 Å². The molecule has 0 saturated heterocycles. The summed E-state index contributed by atoms with van der Waals surface area (Å²) in [5, 5.41) is 7.60. The Bertz CT molecular complexity index is 1430. The minimum absolute atomic E-state index is 0.00714. The van der Waals surface area contributed by atoms with Gasteiger partial charge in [-0.3, -0.25) is 5.32 Å². The molecule has 4 rings (SSSR count). The molecule has 0 unspecified atom stereocenters. The number of benzene rings is 3. The van der Waals surface area contributed by atoms with E-state index in [0.717, 1.165) is 22.3 Å². The first kappa shape index (κ1) is 26.7. The van der Waals surface area contributed by atoms with Crippen LogP contribution in [0.15, 0.2) is 77.7 Å². The van der Waals surface area contributed by atoms with Crippen molar-refractivity contribution < 1.29 is 22.8 Å². The number of nitrogens with zero attached hydrogens (tertiary/aromatic N) is 1. The van der Waals surface area contributed by atoms with Gasteiger partial charge >= 0.3 is 18.1 Å². The van der Waals surface area contributed by atoms with Crippen molar-refractivity contribution in [2.45, 2.75) is 31.2 Å². The van der Waals surface area contributed by atoms with Crippen molar-refractivity contribution >= 4 is 33.8 Å². The Morgan fingerprint density at radius 2 is 1.53 bits per heavy atom. The van der Waals surface area contributed by atoms with Crippen LogP contribution in [-0.4, -0.2) is 44.5 Å². The molecule has 1 heterocycles. The molecule has 0 atom stereocenters. The molecule has 0 saturated carbocycles. The van der Waals surface area contributed by atoms with Crippen LogP contribution < -0.4 is 20.7 Å². The lowest BCUT2D eigenvalue weighted by atomic mass is 10.0. The lowest BCUT2D eigenvalue weighted by molar-refractivity contribution is 0.197. The van der Waals surface area contributed by atoms with E-state index in [-0.39, 0.29) is 4.90 Å². The Morgan fingerprint density at radius 3 is 2.24 bits per heavy atom. The number of sulfonamides is 1. The highest BCUT2D eigenvalue weighted by atomic mass is 32.2. The molecule has 4 N–H and O–H groups in total. The van der Waals surface area contributed by atoms with Gasteiger partial charge in [0.15, 0.2) is 0 Å². The smallest absolute Gasteiger partial charge is 0.333 e. The Kier molecular flexibility index (Phi) is 8.27. The molecule has 6 amide bonds. The normalized spacial score (nSPS) is 13.0. The second-order valence-electron chi connectivity index (χ2n) is 8.94. The number of hydrogen-bond donors (Lipinski definition) is 4. The van der Waals surface area contributed by atoms with Crippen LogP contribution in [-0.2, 0) is 29.4 Å². The van der Waals surface area contributed by atoms with Crippen molar-refractivity contribution in [3.63, 3.8) is 0 Å². The van der Waals surface area contributed by atoms with Crippen LogP contribution in [0.4, 0.5) is 20.1 Å². The summed E-state index contributed by atoms with van der Waals surface area (Å²) in [6, 6.07) is 18.9. The number of carbonyl (C=O) groups is 3. The van der Waals surface area contributed by atoms with E-state index in [4.69, 9.17) is 0 Å². The standard InChI is InChI=1S/C27H29N5O5S/c1-19-7-11-24(12-8-19)38(36,37)31-26(34)29-23-10-9-21-13-15-32(16-14-22(21)17-23)27(35)30-25(33)28-18-20-5-3-2-4-6-20/h2-12,17H,13-16,18H2,1H3,(H2,29,31,34)(H2,28,30,33,35). The molecule has 0 bridgehead atoms. The Morgan fingerprint density at radius 1 is 0.842 bits per heavy atom. The van der Waals surface area contributed by atoms with Gasteiger partial charge in [0.05, 0.1) is 4.90 Å². The van der Waals surface area contributed by atoms with E-state index >= 15 is 0 Å². The molecular formula is C27H29N5O5S. The van der Waals surface area contributed by atoms with Crippen LogP contribution in [0.5, 0.6) is 0 Å². The van der Waals surface area contributed by atoms with E-state index in [2.05, 4.69) is 16.0 Å². The van der Waals surface area contributed by atoms with Crippen LogP contribution in [0.2, 0.25) is 0 Å². The van der Waals surface area contributed by atoms with Crippen LogP contribution >= 0.6 is 0 Å². The molecule has 0 aromatic heterocycles. The van der Waals surface area contributed by atoms with Crippen molar-refractivity contribution in [3.05, 3.63) is 95.1 Å². The zero-order chi connectivity index (χ0) is 27.1. The molecule has 0 radical (unpaired) electrons. The molecule has 0 fully saturated rings. The molecule has 11 heteroatoms. The number of urea groups is 3. The Hall–Kier alpha value is -4.38. The maximum atomic E-state index is 12.6. The minimum Gasteiger partial charge on any atom is -0.334 e. The summed E-state index contributed by atoms with van der Waals surface area (Å²) >= 11 is 0. The summed E-state index contributed by atoms with van der Waals surface area (Å²) in [6.45, 7) is 2.95. The minimum atomic E-state index is -4.01. The predicted molar refractivity (Wildman–Crippen MR) is 143 cm³/mol. The van der Waals surface area contributed by atoms with Gasteiger partial charge in [-0.2, -0.15) is 0 Å². The summed E-state index contributed by atoms with van der Waals surface area (Å²) in [5.74, 6) is 0. The summed E-state index contributed by atoms with van der Waals surface area (Å²) in [4.78, 5) is 38.8. The summed E-state index contributed by atoms with van der Waals surface area (Å²) in [6.07, 6.45) is 1.08. The maximum absolute atomic E-state index is 12.6. The SMILES string of the molecule is Cc1ccc(S(=O)(=O)NC(=O)Nc2ccc3c(c2)CCN(C(=O)NC(=O)NCc2ccccc2)CC3)cc1. The van der Waals surface area contributed by atoms with Gasteiger partial charge in [-0.1, -0.05) is 54.1 Å². The van der Waals surface area contributed by atoms with Gasteiger partial charge in [-0.25, -0.2) is 27.5 Å². The van der Waals surface area contributed by atoms with Crippen molar-refractivity contribution in [2.75, 3.05) is 18.4 Å². The number of aryl methyl sites for hydroxylation is 1. The fourth-order valence-electron chi connectivity index (χ4n) is 4.06. The third-order valence-corrected chi connectivity index (χ3v) is 7.48. The first-order valence-electron chi connectivity index (χ1n) is 12.1. The number of fused-ring (bicyclic) bond motifs is 1. The van der Waals surface area contributed by atoms with Gasteiger partial charge in [-0.05, 0) is 60.7 Å². The molecule has 1 aliphatic heterocycles. The third kappa shape index (κ3) is 7.10. The zero-order valence-corrected chi connectivity index (χ0v) is 21.7. The second kappa shape index (κ2) is 11.8. The molecule has 1 aliphatic rings. The number of hydrogen-bond acceptors (Lipinski definition) is 5. The van der Waals surface area contributed by atoms with Crippen molar-refractivity contribution in [1.29, 1.82) is 0 Å². The molecule has 38 heavy (non-hydrogen) atoms. The van der Waals surface area contributed by atoms with Gasteiger partial charge < -0.3 is 15.5 Å². The quantitative estimate of drug-likeness (QED) is 0.396. The van der Waals surface area contributed by atoms with E-state index in [1.807, 2.05) is 48.0 Å². The van der Waals surface area contributed by atoms with Gasteiger partial charge in [0.1, 0.15) is 0 Å². The molecule has 10 nitrogen and oxygen atoms in total. The third-order valence-electron chi connectivity index (χ3n) is 6.13. The van der Waals surface area contributed by atoms with Gasteiger partial charge in [0, 0.05) is 25.3 Å². The summed E-state index contributed by atoms with van der Waals surface area (Å²) < 4.78 is 27.0. The Balaban J connectivity index is 1.30.